The molecule has 6 heteroatoms. The molecule has 1 atom stereocenters. The Morgan fingerprint density at radius 2 is 2.05 bits per heavy atom. The van der Waals surface area contributed by atoms with E-state index in [4.69, 9.17) is 9.84 Å². The number of rotatable bonds is 3. The molecule has 1 unspecified atom stereocenters. The summed E-state index contributed by atoms with van der Waals surface area (Å²) in [6, 6.07) is 10.7. The maximum Gasteiger partial charge on any atom is 0.345 e. The largest absolute Gasteiger partial charge is 0.477 e. The molecule has 0 bridgehead atoms. The van der Waals surface area contributed by atoms with Gasteiger partial charge in [-0.2, -0.15) is 0 Å². The highest BCUT2D eigenvalue weighted by atomic mass is 32.1. The number of amides is 1. The lowest BCUT2D eigenvalue weighted by Crippen LogP contribution is -2.27. The van der Waals surface area contributed by atoms with Gasteiger partial charge in [0.05, 0.1) is 11.6 Å². The van der Waals surface area contributed by atoms with Gasteiger partial charge in [-0.25, -0.2) is 4.79 Å². The van der Waals surface area contributed by atoms with Crippen LogP contribution >= 0.6 is 11.3 Å². The van der Waals surface area contributed by atoms with Crippen LogP contribution in [0.15, 0.2) is 36.4 Å². The number of hydrogen-bond acceptors (Lipinski definition) is 4. The van der Waals surface area contributed by atoms with Crippen molar-refractivity contribution >= 4 is 28.2 Å². The van der Waals surface area contributed by atoms with Crippen molar-refractivity contribution in [1.82, 2.24) is 0 Å². The molecule has 1 amide bonds. The van der Waals surface area contributed by atoms with E-state index in [0.717, 1.165) is 28.9 Å². The van der Waals surface area contributed by atoms with E-state index < -0.39 is 12.1 Å². The van der Waals surface area contributed by atoms with Crippen LogP contribution in [0.25, 0.3) is 0 Å². The van der Waals surface area contributed by atoms with Crippen LogP contribution in [-0.4, -0.2) is 23.6 Å². The molecule has 1 aliphatic rings. The van der Waals surface area contributed by atoms with Crippen molar-refractivity contribution in [3.8, 4) is 0 Å². The van der Waals surface area contributed by atoms with E-state index in [1.807, 2.05) is 24.3 Å². The van der Waals surface area contributed by atoms with Crippen LogP contribution in [0, 0.1) is 0 Å². The van der Waals surface area contributed by atoms with Crippen LogP contribution in [0.1, 0.15) is 26.9 Å². The van der Waals surface area contributed by atoms with E-state index >= 15 is 0 Å². The molecule has 21 heavy (non-hydrogen) atoms. The number of benzene rings is 1. The molecule has 0 fully saturated rings. The second-order valence-corrected chi connectivity index (χ2v) is 5.74. The number of fused-ring (bicyclic) bond motifs is 1. The smallest absolute Gasteiger partial charge is 0.345 e. The van der Waals surface area contributed by atoms with E-state index in [1.54, 1.807) is 6.07 Å². The molecule has 1 aromatic carbocycles. The van der Waals surface area contributed by atoms with Crippen molar-refractivity contribution in [3.05, 3.63) is 52.4 Å². The molecule has 2 N–H and O–H groups in total. The highest BCUT2D eigenvalue weighted by Crippen LogP contribution is 2.29. The first kappa shape index (κ1) is 13.8. The second kappa shape index (κ2) is 5.67. The third-order valence-electron chi connectivity index (χ3n) is 3.29. The minimum Gasteiger partial charge on any atom is -0.477 e. The Hall–Kier alpha value is -2.18. The predicted octanol–water partition coefficient (Wildman–Crippen LogP) is 2.70. The second-order valence-electron chi connectivity index (χ2n) is 4.66. The van der Waals surface area contributed by atoms with Crippen LogP contribution in [0.3, 0.4) is 0 Å². The van der Waals surface area contributed by atoms with Crippen molar-refractivity contribution in [1.29, 1.82) is 0 Å². The summed E-state index contributed by atoms with van der Waals surface area (Å²) in [5.41, 5.74) is 1.98. The first-order chi connectivity index (χ1) is 10.1. The number of aromatic carboxylic acids is 1. The lowest BCUT2D eigenvalue weighted by molar-refractivity contribution is -0.128. The highest BCUT2D eigenvalue weighted by Gasteiger charge is 2.27. The highest BCUT2D eigenvalue weighted by molar-refractivity contribution is 7.18. The SMILES string of the molecule is O=C(O)c1ccc(NC(=O)C2OCCc3ccccc32)s1. The van der Waals surface area contributed by atoms with Gasteiger partial charge in [0.25, 0.3) is 5.91 Å². The Labute approximate surface area is 125 Å². The average molecular weight is 303 g/mol. The summed E-state index contributed by atoms with van der Waals surface area (Å²) in [7, 11) is 0. The Kier molecular flexibility index (Phi) is 3.72. The number of thiophene rings is 1. The van der Waals surface area contributed by atoms with E-state index in [2.05, 4.69) is 5.32 Å². The topological polar surface area (TPSA) is 75.6 Å². The Balaban J connectivity index is 1.78. The molecular weight excluding hydrogens is 290 g/mol. The number of anilines is 1. The van der Waals surface area contributed by atoms with Gasteiger partial charge in [-0.3, -0.25) is 4.79 Å². The fourth-order valence-electron chi connectivity index (χ4n) is 2.32. The van der Waals surface area contributed by atoms with Gasteiger partial charge in [-0.05, 0) is 29.7 Å². The van der Waals surface area contributed by atoms with Gasteiger partial charge in [0, 0.05) is 0 Å². The predicted molar refractivity (Wildman–Crippen MR) is 78.7 cm³/mol. The molecule has 0 spiro atoms. The van der Waals surface area contributed by atoms with Crippen molar-refractivity contribution in [2.45, 2.75) is 12.5 Å². The minimum atomic E-state index is -1.00. The first-order valence-electron chi connectivity index (χ1n) is 6.48. The third kappa shape index (κ3) is 2.81. The van der Waals surface area contributed by atoms with Gasteiger partial charge in [0.1, 0.15) is 4.88 Å². The van der Waals surface area contributed by atoms with Crippen LogP contribution < -0.4 is 5.32 Å². The van der Waals surface area contributed by atoms with E-state index in [-0.39, 0.29) is 10.8 Å². The van der Waals surface area contributed by atoms with Gasteiger partial charge in [0.2, 0.25) is 0 Å². The van der Waals surface area contributed by atoms with E-state index in [0.29, 0.717) is 11.6 Å². The third-order valence-corrected chi connectivity index (χ3v) is 4.28. The molecule has 108 valence electrons. The maximum atomic E-state index is 12.3. The Morgan fingerprint density at radius 1 is 1.24 bits per heavy atom. The molecular formula is C15H13NO4S. The van der Waals surface area contributed by atoms with Crippen molar-refractivity contribution < 1.29 is 19.4 Å². The van der Waals surface area contributed by atoms with Crippen LogP contribution in [0.2, 0.25) is 0 Å². The summed E-state index contributed by atoms with van der Waals surface area (Å²) in [4.78, 5) is 23.4. The standard InChI is InChI=1S/C15H13NO4S/c17-14(16-12-6-5-11(21-12)15(18)19)13-10-4-2-1-3-9(10)7-8-20-13/h1-6,13H,7-8H2,(H,16,17)(H,18,19). The molecule has 0 radical (unpaired) electrons. The molecule has 2 heterocycles. The number of carbonyl (C=O) groups excluding carboxylic acids is 1. The number of carboxylic acids is 1. The molecule has 5 nitrogen and oxygen atoms in total. The van der Waals surface area contributed by atoms with Crippen molar-refractivity contribution in [2.75, 3.05) is 11.9 Å². The van der Waals surface area contributed by atoms with Gasteiger partial charge >= 0.3 is 5.97 Å². The monoisotopic (exact) mass is 303 g/mol. The number of nitrogens with one attached hydrogen (secondary N) is 1. The normalized spacial score (nSPS) is 17.0. The van der Waals surface area contributed by atoms with Crippen molar-refractivity contribution in [2.24, 2.45) is 0 Å². The van der Waals surface area contributed by atoms with E-state index in [9.17, 15) is 9.59 Å². The van der Waals surface area contributed by atoms with Crippen LogP contribution in [0.4, 0.5) is 5.00 Å². The fourth-order valence-corrected chi connectivity index (χ4v) is 3.07. The molecule has 2 aromatic rings. The minimum absolute atomic E-state index is 0.190. The number of ether oxygens (including phenoxy) is 1. The molecule has 1 aromatic heterocycles. The summed E-state index contributed by atoms with van der Waals surface area (Å²) in [6.07, 6.45) is 0.146. The lowest BCUT2D eigenvalue weighted by atomic mass is 9.97. The zero-order valence-electron chi connectivity index (χ0n) is 11.0. The average Bonchev–Trinajstić information content (AvgIpc) is 2.95. The first-order valence-corrected chi connectivity index (χ1v) is 7.30. The van der Waals surface area contributed by atoms with Crippen molar-refractivity contribution in [3.63, 3.8) is 0 Å². The molecule has 0 aliphatic carbocycles. The summed E-state index contributed by atoms with van der Waals surface area (Å²) >= 11 is 1.03. The zero-order valence-corrected chi connectivity index (χ0v) is 11.9. The molecule has 1 aliphatic heterocycles. The number of carbonyl (C=O) groups is 2. The summed E-state index contributed by atoms with van der Waals surface area (Å²) < 4.78 is 5.57. The maximum absolute atomic E-state index is 12.3. The van der Waals surface area contributed by atoms with Gasteiger partial charge < -0.3 is 15.2 Å². The molecule has 0 saturated carbocycles. The Morgan fingerprint density at radius 3 is 2.81 bits per heavy atom. The summed E-state index contributed by atoms with van der Waals surface area (Å²) in [5.74, 6) is -1.28. The quantitative estimate of drug-likeness (QED) is 0.914. The van der Waals surface area contributed by atoms with Gasteiger partial charge in [0.15, 0.2) is 6.10 Å². The number of carboxylic acid groups (broad SMARTS) is 1. The lowest BCUT2D eigenvalue weighted by Gasteiger charge is -2.24. The molecule has 3 rings (SSSR count). The zero-order chi connectivity index (χ0) is 14.8. The van der Waals surface area contributed by atoms with Gasteiger partial charge in [-0.15, -0.1) is 11.3 Å². The Bertz CT molecular complexity index is 694. The van der Waals surface area contributed by atoms with Gasteiger partial charge in [-0.1, -0.05) is 24.3 Å². The van der Waals surface area contributed by atoms with E-state index in [1.165, 1.54) is 6.07 Å². The number of hydrogen-bond donors (Lipinski definition) is 2. The van der Waals surface area contributed by atoms with Crippen LogP contribution in [0.5, 0.6) is 0 Å². The van der Waals surface area contributed by atoms with Crippen LogP contribution in [-0.2, 0) is 16.0 Å². The fraction of sp³-hybridized carbons (Fsp3) is 0.200. The summed E-state index contributed by atoms with van der Waals surface area (Å²) in [6.45, 7) is 0.500. The summed E-state index contributed by atoms with van der Waals surface area (Å²) in [5, 5.41) is 12.1. The molecule has 0 saturated heterocycles.